The maximum absolute atomic E-state index is 12.5. The first-order valence-electron chi connectivity index (χ1n) is 7.30. The molecular weight excluding hydrogens is 268 g/mol. The van der Waals surface area contributed by atoms with Gasteiger partial charge in [-0.1, -0.05) is 0 Å². The fourth-order valence-electron chi connectivity index (χ4n) is 2.93. The molecule has 1 aliphatic rings. The first-order chi connectivity index (χ1) is 10.0. The third-order valence-corrected chi connectivity index (χ3v) is 3.89. The average Bonchev–Trinajstić information content (AvgIpc) is 3.04. The Morgan fingerprint density at radius 1 is 1.33 bits per heavy atom. The van der Waals surface area contributed by atoms with E-state index in [-0.39, 0.29) is 11.9 Å². The van der Waals surface area contributed by atoms with Gasteiger partial charge in [0.2, 0.25) is 0 Å². The van der Waals surface area contributed by atoms with E-state index in [1.807, 2.05) is 36.4 Å². The minimum atomic E-state index is -0.0395. The summed E-state index contributed by atoms with van der Waals surface area (Å²) in [5, 5.41) is 4.45. The van der Waals surface area contributed by atoms with Gasteiger partial charge in [0.25, 0.3) is 5.91 Å². The zero-order chi connectivity index (χ0) is 15.0. The zero-order valence-corrected chi connectivity index (χ0v) is 12.7. The lowest BCUT2D eigenvalue weighted by Gasteiger charge is -2.32. The molecule has 1 fully saturated rings. The summed E-state index contributed by atoms with van der Waals surface area (Å²) in [5.74, 6) is 2.81. The van der Waals surface area contributed by atoms with Crippen LogP contribution in [0.25, 0.3) is 0 Å². The van der Waals surface area contributed by atoms with Crippen LogP contribution in [0.4, 0.5) is 0 Å². The van der Waals surface area contributed by atoms with Gasteiger partial charge in [-0.3, -0.25) is 4.79 Å². The monoisotopic (exact) mass is 288 g/mol. The highest BCUT2D eigenvalue weighted by Crippen LogP contribution is 2.23. The Balaban J connectivity index is 1.77. The van der Waals surface area contributed by atoms with E-state index in [0.29, 0.717) is 12.3 Å². The van der Waals surface area contributed by atoms with Crippen LogP contribution in [0.2, 0.25) is 0 Å². The fraction of sp³-hybridized carbons (Fsp3) is 0.533. The topological polar surface area (TPSA) is 64.2 Å². The van der Waals surface area contributed by atoms with Gasteiger partial charge >= 0.3 is 0 Å². The van der Waals surface area contributed by atoms with E-state index in [1.54, 1.807) is 6.07 Å². The van der Waals surface area contributed by atoms with Crippen LogP contribution >= 0.6 is 0 Å². The van der Waals surface area contributed by atoms with Gasteiger partial charge in [0.1, 0.15) is 17.4 Å². The van der Waals surface area contributed by atoms with Crippen molar-refractivity contribution in [1.82, 2.24) is 19.7 Å². The van der Waals surface area contributed by atoms with Crippen molar-refractivity contribution in [3.8, 4) is 0 Å². The van der Waals surface area contributed by atoms with Crippen LogP contribution in [-0.4, -0.2) is 38.7 Å². The quantitative estimate of drug-likeness (QED) is 0.850. The lowest BCUT2D eigenvalue weighted by molar-refractivity contribution is 0.0638. The highest BCUT2D eigenvalue weighted by Gasteiger charge is 2.28. The van der Waals surface area contributed by atoms with Crippen LogP contribution in [0, 0.1) is 20.8 Å². The lowest BCUT2D eigenvalue weighted by Crippen LogP contribution is -2.41. The number of aromatic nitrogens is 3. The molecule has 0 saturated carbocycles. The van der Waals surface area contributed by atoms with Gasteiger partial charge in [0.15, 0.2) is 5.76 Å². The van der Waals surface area contributed by atoms with Crippen molar-refractivity contribution < 1.29 is 9.21 Å². The number of furan rings is 1. The van der Waals surface area contributed by atoms with E-state index < -0.39 is 0 Å². The SMILES string of the molecule is Cc1nc(C)n([C@@H]2CCCN(C(=O)c3ccc(C)o3)C2)n1. The molecule has 0 unspecified atom stereocenters. The van der Waals surface area contributed by atoms with Crippen molar-refractivity contribution in [3.05, 3.63) is 35.3 Å². The van der Waals surface area contributed by atoms with Crippen LogP contribution < -0.4 is 0 Å². The van der Waals surface area contributed by atoms with Crippen molar-refractivity contribution in [2.75, 3.05) is 13.1 Å². The Kier molecular flexibility index (Phi) is 3.53. The van der Waals surface area contributed by atoms with Gasteiger partial charge in [0.05, 0.1) is 6.04 Å². The first-order valence-corrected chi connectivity index (χ1v) is 7.30. The molecule has 2 aromatic heterocycles. The predicted molar refractivity (Wildman–Crippen MR) is 77.1 cm³/mol. The maximum Gasteiger partial charge on any atom is 0.289 e. The summed E-state index contributed by atoms with van der Waals surface area (Å²) >= 11 is 0. The van der Waals surface area contributed by atoms with Crippen molar-refractivity contribution in [1.29, 1.82) is 0 Å². The van der Waals surface area contributed by atoms with E-state index in [4.69, 9.17) is 4.42 Å². The van der Waals surface area contributed by atoms with E-state index in [0.717, 1.165) is 36.8 Å². The molecule has 112 valence electrons. The predicted octanol–water partition coefficient (Wildman–Crippen LogP) is 2.27. The van der Waals surface area contributed by atoms with E-state index in [1.165, 1.54) is 0 Å². The molecule has 0 spiro atoms. The second-order valence-corrected chi connectivity index (χ2v) is 5.61. The minimum absolute atomic E-state index is 0.0395. The zero-order valence-electron chi connectivity index (χ0n) is 12.7. The van der Waals surface area contributed by atoms with Gasteiger partial charge in [-0.05, 0) is 45.7 Å². The Hall–Kier alpha value is -2.11. The molecule has 1 amide bonds. The van der Waals surface area contributed by atoms with Gasteiger partial charge in [-0.15, -0.1) is 0 Å². The van der Waals surface area contributed by atoms with E-state index in [2.05, 4.69) is 10.1 Å². The maximum atomic E-state index is 12.5. The van der Waals surface area contributed by atoms with Crippen molar-refractivity contribution in [3.63, 3.8) is 0 Å². The van der Waals surface area contributed by atoms with Crippen LogP contribution in [0.5, 0.6) is 0 Å². The molecule has 0 bridgehead atoms. The van der Waals surface area contributed by atoms with Gasteiger partial charge in [-0.2, -0.15) is 5.10 Å². The molecule has 1 saturated heterocycles. The molecule has 0 aromatic carbocycles. The summed E-state index contributed by atoms with van der Waals surface area (Å²) in [7, 11) is 0. The molecule has 21 heavy (non-hydrogen) atoms. The molecule has 6 nitrogen and oxygen atoms in total. The molecule has 3 heterocycles. The molecule has 1 aliphatic heterocycles. The first kappa shape index (κ1) is 13.9. The smallest absolute Gasteiger partial charge is 0.289 e. The molecule has 0 aliphatic carbocycles. The number of carbonyl (C=O) groups is 1. The number of carbonyl (C=O) groups excluding carboxylic acids is 1. The summed E-state index contributed by atoms with van der Waals surface area (Å²) in [6, 6.07) is 3.76. The summed E-state index contributed by atoms with van der Waals surface area (Å²) in [6.45, 7) is 7.11. The van der Waals surface area contributed by atoms with Gasteiger partial charge in [0, 0.05) is 13.1 Å². The lowest BCUT2D eigenvalue weighted by atomic mass is 10.1. The van der Waals surface area contributed by atoms with Crippen molar-refractivity contribution >= 4 is 5.91 Å². The van der Waals surface area contributed by atoms with Gasteiger partial charge in [-0.25, -0.2) is 9.67 Å². The number of nitrogens with zero attached hydrogens (tertiary/aromatic N) is 4. The summed E-state index contributed by atoms with van der Waals surface area (Å²) in [4.78, 5) is 18.7. The Morgan fingerprint density at radius 2 is 2.14 bits per heavy atom. The highest BCUT2D eigenvalue weighted by atomic mass is 16.3. The molecule has 0 N–H and O–H groups in total. The number of rotatable bonds is 2. The van der Waals surface area contributed by atoms with Crippen molar-refractivity contribution in [2.45, 2.75) is 39.7 Å². The minimum Gasteiger partial charge on any atom is -0.456 e. The van der Waals surface area contributed by atoms with Crippen molar-refractivity contribution in [2.24, 2.45) is 0 Å². The molecule has 6 heteroatoms. The second kappa shape index (κ2) is 5.35. The molecular formula is C15H20N4O2. The number of hydrogen-bond donors (Lipinski definition) is 0. The van der Waals surface area contributed by atoms with Gasteiger partial charge < -0.3 is 9.32 Å². The normalized spacial score (nSPS) is 19.0. The average molecular weight is 288 g/mol. The Bertz CT molecular complexity index is 658. The Morgan fingerprint density at radius 3 is 2.76 bits per heavy atom. The molecule has 1 atom stereocenters. The third-order valence-electron chi connectivity index (χ3n) is 3.89. The van der Waals surface area contributed by atoms with E-state index >= 15 is 0 Å². The molecule has 0 radical (unpaired) electrons. The van der Waals surface area contributed by atoms with E-state index in [9.17, 15) is 4.79 Å². The number of likely N-dealkylation sites (tertiary alicyclic amines) is 1. The standard InChI is InChI=1S/C15H20N4O2/c1-10-6-7-14(21-10)15(20)18-8-4-5-13(9-18)19-12(3)16-11(2)17-19/h6-7,13H,4-5,8-9H2,1-3H3/t13-/m1/s1. The summed E-state index contributed by atoms with van der Waals surface area (Å²) in [5.41, 5.74) is 0. The number of piperidine rings is 1. The van der Waals surface area contributed by atoms with Crippen LogP contribution in [0.15, 0.2) is 16.5 Å². The molecule has 2 aromatic rings. The second-order valence-electron chi connectivity index (χ2n) is 5.61. The van der Waals surface area contributed by atoms with Crippen LogP contribution in [-0.2, 0) is 0 Å². The summed E-state index contributed by atoms with van der Waals surface area (Å²) < 4.78 is 7.39. The third kappa shape index (κ3) is 2.70. The molecule has 3 rings (SSSR count). The number of hydrogen-bond acceptors (Lipinski definition) is 4. The highest BCUT2D eigenvalue weighted by molar-refractivity contribution is 5.91. The Labute approximate surface area is 123 Å². The number of amides is 1. The largest absolute Gasteiger partial charge is 0.456 e. The van der Waals surface area contributed by atoms with Crippen LogP contribution in [0.1, 0.15) is 46.8 Å². The number of aryl methyl sites for hydroxylation is 3. The fourth-order valence-corrected chi connectivity index (χ4v) is 2.93. The summed E-state index contributed by atoms with van der Waals surface area (Å²) in [6.07, 6.45) is 1.99. The van der Waals surface area contributed by atoms with Crippen LogP contribution in [0.3, 0.4) is 0 Å².